The predicted octanol–water partition coefficient (Wildman–Crippen LogP) is -1.23. The number of aliphatic carboxylic acids is 2. The van der Waals surface area contributed by atoms with E-state index in [-0.39, 0.29) is 5.91 Å². The number of amides is 1. The second-order valence-electron chi connectivity index (χ2n) is 3.12. The molecule has 1 unspecified atom stereocenters. The van der Waals surface area contributed by atoms with Gasteiger partial charge in [-0.05, 0) is 13.3 Å². The van der Waals surface area contributed by atoms with Crippen molar-refractivity contribution >= 4 is 17.8 Å². The molecule has 0 aromatic carbocycles. The highest BCUT2D eigenvalue weighted by Crippen LogP contribution is 2.05. The summed E-state index contributed by atoms with van der Waals surface area (Å²) in [6.45, 7) is 1.42. The highest BCUT2D eigenvalue weighted by atomic mass is 16.4. The number of hydrogen-bond acceptors (Lipinski definition) is 4. The molecule has 5 N–H and O–H groups in total. The molecule has 15 heavy (non-hydrogen) atoms. The Balaban J connectivity index is 0.000000288. The van der Waals surface area contributed by atoms with Crippen LogP contribution in [0.1, 0.15) is 19.8 Å². The summed E-state index contributed by atoms with van der Waals surface area (Å²) in [4.78, 5) is 30.1. The number of carboxylic acid groups (broad SMARTS) is 2. The second-order valence-corrected chi connectivity index (χ2v) is 3.12. The Morgan fingerprint density at radius 3 is 2.13 bits per heavy atom. The normalized spacial score (nSPS) is 20.9. The number of carbonyl (C=O) groups excluding carboxylic acids is 1. The number of nitrogens with one attached hydrogen (secondary N) is 1. The summed E-state index contributed by atoms with van der Waals surface area (Å²) in [5, 5.41) is 18.5. The highest BCUT2D eigenvalue weighted by molar-refractivity contribution is 5.87. The largest absolute Gasteiger partial charge is 0.480 e. The zero-order chi connectivity index (χ0) is 12.0. The molecule has 0 aromatic heterocycles. The topological polar surface area (TPSA) is 130 Å². The van der Waals surface area contributed by atoms with E-state index in [4.69, 9.17) is 15.9 Å². The lowest BCUT2D eigenvalue weighted by Gasteiger charge is -1.99. The van der Waals surface area contributed by atoms with Crippen LogP contribution in [0.4, 0.5) is 0 Å². The number of hydrogen-bond donors (Lipinski definition) is 4. The van der Waals surface area contributed by atoms with Gasteiger partial charge in [0.1, 0.15) is 12.1 Å². The Kier molecular flexibility index (Phi) is 5.32. The molecule has 1 aliphatic heterocycles. The molecule has 0 bridgehead atoms. The van der Waals surface area contributed by atoms with Gasteiger partial charge >= 0.3 is 11.9 Å². The van der Waals surface area contributed by atoms with Crippen LogP contribution in [0.3, 0.4) is 0 Å². The van der Waals surface area contributed by atoms with Crippen molar-refractivity contribution < 1.29 is 24.6 Å². The van der Waals surface area contributed by atoms with Crippen molar-refractivity contribution in [2.24, 2.45) is 5.73 Å². The molecular weight excluding hydrogens is 204 g/mol. The van der Waals surface area contributed by atoms with Gasteiger partial charge in [-0.1, -0.05) is 0 Å². The van der Waals surface area contributed by atoms with Crippen LogP contribution >= 0.6 is 0 Å². The smallest absolute Gasteiger partial charge is 0.326 e. The second kappa shape index (κ2) is 5.97. The van der Waals surface area contributed by atoms with Crippen molar-refractivity contribution in [3.05, 3.63) is 0 Å². The maximum atomic E-state index is 10.4. The SMILES string of the molecule is CC(N)C(=O)O.O=C1CC[C@@H](C(=O)O)N1. The minimum Gasteiger partial charge on any atom is -0.480 e. The minimum atomic E-state index is -0.963. The van der Waals surface area contributed by atoms with E-state index in [2.05, 4.69) is 5.32 Å². The Labute approximate surface area is 86.3 Å². The Morgan fingerprint density at radius 1 is 1.53 bits per heavy atom. The van der Waals surface area contributed by atoms with Crippen molar-refractivity contribution in [1.82, 2.24) is 5.32 Å². The van der Waals surface area contributed by atoms with Crippen molar-refractivity contribution in [2.45, 2.75) is 31.8 Å². The molecule has 86 valence electrons. The van der Waals surface area contributed by atoms with Crippen molar-refractivity contribution in [3.63, 3.8) is 0 Å². The molecular formula is C8H14N2O5. The van der Waals surface area contributed by atoms with E-state index < -0.39 is 24.0 Å². The lowest BCUT2D eigenvalue weighted by Crippen LogP contribution is -2.32. The van der Waals surface area contributed by atoms with Gasteiger partial charge in [-0.2, -0.15) is 0 Å². The van der Waals surface area contributed by atoms with Gasteiger partial charge in [-0.25, -0.2) is 4.79 Å². The van der Waals surface area contributed by atoms with Crippen LogP contribution in [0.15, 0.2) is 0 Å². The fourth-order valence-corrected chi connectivity index (χ4v) is 0.799. The maximum Gasteiger partial charge on any atom is 0.326 e. The molecule has 0 spiro atoms. The van der Waals surface area contributed by atoms with E-state index in [9.17, 15) is 14.4 Å². The third-order valence-electron chi connectivity index (χ3n) is 1.68. The fraction of sp³-hybridized carbons (Fsp3) is 0.625. The minimum absolute atomic E-state index is 0.164. The van der Waals surface area contributed by atoms with Crippen LogP contribution in [0.2, 0.25) is 0 Å². The summed E-state index contributed by atoms with van der Waals surface area (Å²) in [6.07, 6.45) is 0.769. The number of nitrogens with two attached hydrogens (primary N) is 1. The maximum absolute atomic E-state index is 10.4. The van der Waals surface area contributed by atoms with Gasteiger partial charge in [0, 0.05) is 6.42 Å². The molecule has 0 aliphatic carbocycles. The lowest BCUT2D eigenvalue weighted by molar-refractivity contribution is -0.140. The van der Waals surface area contributed by atoms with Crippen LogP contribution in [0.5, 0.6) is 0 Å². The summed E-state index contributed by atoms with van der Waals surface area (Å²) >= 11 is 0. The molecule has 0 radical (unpaired) electrons. The van der Waals surface area contributed by atoms with Gasteiger partial charge < -0.3 is 21.3 Å². The molecule has 1 fully saturated rings. The zero-order valence-corrected chi connectivity index (χ0v) is 8.27. The number of carbonyl (C=O) groups is 3. The van der Waals surface area contributed by atoms with E-state index in [0.717, 1.165) is 0 Å². The summed E-state index contributed by atoms with van der Waals surface area (Å²) in [5.41, 5.74) is 4.84. The average molecular weight is 218 g/mol. The van der Waals surface area contributed by atoms with Gasteiger partial charge in [0.2, 0.25) is 5.91 Å². The highest BCUT2D eigenvalue weighted by Gasteiger charge is 2.26. The van der Waals surface area contributed by atoms with Gasteiger partial charge in [0.25, 0.3) is 0 Å². The molecule has 7 nitrogen and oxygen atoms in total. The van der Waals surface area contributed by atoms with Gasteiger partial charge in [0.05, 0.1) is 0 Å². The molecule has 0 aromatic rings. The number of carboxylic acids is 2. The molecule has 1 aliphatic rings. The zero-order valence-electron chi connectivity index (χ0n) is 8.27. The molecule has 2 atom stereocenters. The van der Waals surface area contributed by atoms with Crippen LogP contribution in [-0.4, -0.2) is 40.1 Å². The van der Waals surface area contributed by atoms with E-state index >= 15 is 0 Å². The van der Waals surface area contributed by atoms with Gasteiger partial charge in [-0.3, -0.25) is 9.59 Å². The van der Waals surface area contributed by atoms with E-state index in [1.807, 2.05) is 0 Å². The summed E-state index contributed by atoms with van der Waals surface area (Å²) in [6, 6.07) is -1.37. The van der Waals surface area contributed by atoms with E-state index in [0.29, 0.717) is 12.8 Å². The first kappa shape index (κ1) is 13.4. The molecule has 1 saturated heterocycles. The van der Waals surface area contributed by atoms with Gasteiger partial charge in [0.15, 0.2) is 0 Å². The average Bonchev–Trinajstić information content (AvgIpc) is 2.52. The molecule has 1 heterocycles. The first-order valence-electron chi connectivity index (χ1n) is 4.35. The quantitative estimate of drug-likeness (QED) is 0.459. The fourth-order valence-electron chi connectivity index (χ4n) is 0.799. The standard InChI is InChI=1S/C5H7NO3.C3H7NO2/c7-4-2-1-3(6-4)5(8)9;1-2(4)3(5)6/h3H,1-2H2,(H,6,7)(H,8,9);2H,4H2,1H3,(H,5,6)/t3-;/m0./s1. The van der Waals surface area contributed by atoms with E-state index in [1.165, 1.54) is 6.92 Å². The molecule has 1 amide bonds. The van der Waals surface area contributed by atoms with Crippen molar-refractivity contribution in [3.8, 4) is 0 Å². The van der Waals surface area contributed by atoms with Crippen LogP contribution in [0.25, 0.3) is 0 Å². The van der Waals surface area contributed by atoms with Crippen LogP contribution in [0, 0.1) is 0 Å². The predicted molar refractivity (Wildman–Crippen MR) is 50.1 cm³/mol. The van der Waals surface area contributed by atoms with Crippen LogP contribution in [-0.2, 0) is 14.4 Å². The Morgan fingerprint density at radius 2 is 2.00 bits per heavy atom. The van der Waals surface area contributed by atoms with Gasteiger partial charge in [-0.15, -0.1) is 0 Å². The Bertz CT molecular complexity index is 264. The summed E-state index contributed by atoms with van der Waals surface area (Å²) in [5.74, 6) is -2.07. The Hall–Kier alpha value is -1.63. The first-order chi connectivity index (χ1) is 6.84. The monoisotopic (exact) mass is 218 g/mol. The summed E-state index contributed by atoms with van der Waals surface area (Å²) in [7, 11) is 0. The molecule has 0 saturated carbocycles. The number of rotatable bonds is 2. The van der Waals surface area contributed by atoms with Crippen molar-refractivity contribution in [1.29, 1.82) is 0 Å². The van der Waals surface area contributed by atoms with E-state index in [1.54, 1.807) is 0 Å². The third kappa shape index (κ3) is 5.63. The summed E-state index contributed by atoms with van der Waals surface area (Å²) < 4.78 is 0. The van der Waals surface area contributed by atoms with Crippen LogP contribution < -0.4 is 11.1 Å². The van der Waals surface area contributed by atoms with Crippen molar-refractivity contribution in [2.75, 3.05) is 0 Å². The third-order valence-corrected chi connectivity index (χ3v) is 1.68. The molecule has 1 rings (SSSR count). The first-order valence-corrected chi connectivity index (χ1v) is 4.35. The lowest BCUT2D eigenvalue weighted by atomic mass is 10.2. The molecule has 7 heteroatoms.